The summed E-state index contributed by atoms with van der Waals surface area (Å²) in [5.74, 6) is 0. The maximum Gasteiger partial charge on any atom is 0.103 e. The molecule has 3 aromatic rings. The fourth-order valence-corrected chi connectivity index (χ4v) is 2.87. The molecule has 0 fully saturated rings. The van der Waals surface area contributed by atoms with Crippen molar-refractivity contribution in [3.05, 3.63) is 46.7 Å². The molecule has 5 heteroatoms. The Bertz CT molecular complexity index is 829. The lowest BCUT2D eigenvalue weighted by Crippen LogP contribution is -1.99. The van der Waals surface area contributed by atoms with Crippen LogP contribution in [0.15, 0.2) is 29.8 Å². The number of nitriles is 1. The molecule has 2 aromatic heterocycles. The number of hydrogen-bond donors (Lipinski definition) is 1. The number of thiazole rings is 1. The van der Waals surface area contributed by atoms with Crippen LogP contribution in [0.25, 0.3) is 10.2 Å². The first-order valence-electron chi connectivity index (χ1n) is 6.16. The lowest BCUT2D eigenvalue weighted by molar-refractivity contribution is 1.11. The lowest BCUT2D eigenvalue weighted by atomic mass is 10.1. The van der Waals surface area contributed by atoms with Crippen LogP contribution in [0.2, 0.25) is 0 Å². The first-order valence-corrected chi connectivity index (χ1v) is 7.04. The lowest BCUT2D eigenvalue weighted by Gasteiger charge is -2.10. The van der Waals surface area contributed by atoms with Gasteiger partial charge in [-0.05, 0) is 38.1 Å². The number of nitrogens with one attached hydrogen (secondary N) is 1. The van der Waals surface area contributed by atoms with Gasteiger partial charge in [-0.25, -0.2) is 4.98 Å². The van der Waals surface area contributed by atoms with E-state index in [4.69, 9.17) is 0 Å². The standard InChI is InChI=1S/C15H12N4S/c1-9-5-14(12(7-16)10(2)18-9)19-11-3-4-13-15(6-11)20-8-17-13/h3-6,8H,1-2H3,(H,18,19). The average molecular weight is 280 g/mol. The molecule has 0 aliphatic heterocycles. The van der Waals surface area contributed by atoms with Gasteiger partial charge in [-0.2, -0.15) is 5.26 Å². The van der Waals surface area contributed by atoms with E-state index in [0.717, 1.165) is 33.0 Å². The van der Waals surface area contributed by atoms with Crippen LogP contribution in [-0.4, -0.2) is 9.97 Å². The summed E-state index contributed by atoms with van der Waals surface area (Å²) in [6.07, 6.45) is 0. The van der Waals surface area contributed by atoms with E-state index in [2.05, 4.69) is 21.4 Å². The quantitative estimate of drug-likeness (QED) is 0.772. The van der Waals surface area contributed by atoms with Crippen molar-refractivity contribution in [3.63, 3.8) is 0 Å². The number of benzene rings is 1. The zero-order chi connectivity index (χ0) is 14.1. The van der Waals surface area contributed by atoms with Crippen molar-refractivity contribution in [2.45, 2.75) is 13.8 Å². The Hall–Kier alpha value is -2.45. The normalized spacial score (nSPS) is 10.4. The van der Waals surface area contributed by atoms with Gasteiger partial charge in [-0.1, -0.05) is 0 Å². The number of hydrogen-bond acceptors (Lipinski definition) is 5. The number of rotatable bonds is 2. The SMILES string of the molecule is Cc1cc(Nc2ccc3ncsc3c2)c(C#N)c(C)n1. The minimum absolute atomic E-state index is 0.583. The van der Waals surface area contributed by atoms with Gasteiger partial charge < -0.3 is 5.32 Å². The molecule has 3 rings (SSSR count). The van der Waals surface area contributed by atoms with Crippen LogP contribution >= 0.6 is 11.3 Å². The highest BCUT2D eigenvalue weighted by Gasteiger charge is 2.08. The predicted octanol–water partition coefficient (Wildman–Crippen LogP) is 3.92. The maximum absolute atomic E-state index is 9.27. The smallest absolute Gasteiger partial charge is 0.103 e. The molecule has 0 radical (unpaired) electrons. The van der Waals surface area contributed by atoms with Crippen molar-refractivity contribution in [1.29, 1.82) is 5.26 Å². The zero-order valence-electron chi connectivity index (χ0n) is 11.1. The predicted molar refractivity (Wildman–Crippen MR) is 81.3 cm³/mol. The number of fused-ring (bicyclic) bond motifs is 1. The Morgan fingerprint density at radius 2 is 2.10 bits per heavy atom. The van der Waals surface area contributed by atoms with Crippen LogP contribution in [-0.2, 0) is 0 Å². The second-order valence-corrected chi connectivity index (χ2v) is 5.43. The second kappa shape index (κ2) is 4.91. The molecular weight excluding hydrogens is 268 g/mol. The highest BCUT2D eigenvalue weighted by atomic mass is 32.1. The third-order valence-corrected chi connectivity index (χ3v) is 3.84. The van der Waals surface area contributed by atoms with Crippen LogP contribution in [0, 0.1) is 25.2 Å². The van der Waals surface area contributed by atoms with Gasteiger partial charge in [0.15, 0.2) is 0 Å². The van der Waals surface area contributed by atoms with Crippen molar-refractivity contribution in [2.75, 3.05) is 5.32 Å². The third kappa shape index (κ3) is 2.22. The summed E-state index contributed by atoms with van der Waals surface area (Å²) in [6.45, 7) is 3.77. The van der Waals surface area contributed by atoms with Gasteiger partial charge in [0.2, 0.25) is 0 Å². The van der Waals surface area contributed by atoms with Crippen molar-refractivity contribution in [1.82, 2.24) is 9.97 Å². The number of pyridine rings is 1. The third-order valence-electron chi connectivity index (χ3n) is 3.05. The van der Waals surface area contributed by atoms with E-state index < -0.39 is 0 Å². The fourth-order valence-electron chi connectivity index (χ4n) is 2.16. The molecule has 0 atom stereocenters. The van der Waals surface area contributed by atoms with Crippen molar-refractivity contribution >= 4 is 32.9 Å². The molecular formula is C15H12N4S. The molecule has 1 N–H and O–H groups in total. The molecule has 0 aliphatic carbocycles. The number of anilines is 2. The summed E-state index contributed by atoms with van der Waals surface area (Å²) in [5, 5.41) is 12.6. The number of nitrogens with zero attached hydrogens (tertiary/aromatic N) is 3. The Kier molecular flexibility index (Phi) is 3.09. The zero-order valence-corrected chi connectivity index (χ0v) is 12.0. The summed E-state index contributed by atoms with van der Waals surface area (Å²) < 4.78 is 1.12. The average Bonchev–Trinajstić information content (AvgIpc) is 2.85. The molecule has 0 aliphatic rings. The molecule has 0 unspecified atom stereocenters. The summed E-state index contributed by atoms with van der Waals surface area (Å²) >= 11 is 1.60. The van der Waals surface area contributed by atoms with E-state index in [1.165, 1.54) is 0 Å². The van der Waals surface area contributed by atoms with E-state index in [9.17, 15) is 5.26 Å². The number of aromatic nitrogens is 2. The summed E-state index contributed by atoms with van der Waals surface area (Å²) in [7, 11) is 0. The van der Waals surface area contributed by atoms with Crippen LogP contribution in [0.1, 0.15) is 17.0 Å². The van der Waals surface area contributed by atoms with Gasteiger partial charge in [0, 0.05) is 11.4 Å². The topological polar surface area (TPSA) is 61.6 Å². The van der Waals surface area contributed by atoms with Crippen molar-refractivity contribution in [2.24, 2.45) is 0 Å². The van der Waals surface area contributed by atoms with E-state index in [0.29, 0.717) is 5.56 Å². The minimum Gasteiger partial charge on any atom is -0.354 e. The Morgan fingerprint density at radius 1 is 1.25 bits per heavy atom. The summed E-state index contributed by atoms with van der Waals surface area (Å²) in [5.41, 5.74) is 6.78. The van der Waals surface area contributed by atoms with Gasteiger partial charge in [0.25, 0.3) is 0 Å². The molecule has 0 bridgehead atoms. The van der Waals surface area contributed by atoms with E-state index in [1.807, 2.05) is 43.6 Å². The minimum atomic E-state index is 0.583. The highest BCUT2D eigenvalue weighted by molar-refractivity contribution is 7.16. The molecule has 0 saturated carbocycles. The number of aryl methyl sites for hydroxylation is 2. The molecule has 98 valence electrons. The molecule has 0 amide bonds. The van der Waals surface area contributed by atoms with Crippen molar-refractivity contribution < 1.29 is 0 Å². The van der Waals surface area contributed by atoms with Gasteiger partial charge in [0.05, 0.1) is 32.7 Å². The molecule has 2 heterocycles. The molecule has 20 heavy (non-hydrogen) atoms. The molecule has 1 aromatic carbocycles. The van der Waals surface area contributed by atoms with Gasteiger partial charge in [-0.3, -0.25) is 4.98 Å². The fraction of sp³-hybridized carbons (Fsp3) is 0.133. The van der Waals surface area contributed by atoms with Gasteiger partial charge in [0.1, 0.15) is 6.07 Å². The van der Waals surface area contributed by atoms with Crippen LogP contribution in [0.5, 0.6) is 0 Å². The van der Waals surface area contributed by atoms with E-state index in [-0.39, 0.29) is 0 Å². The molecule has 0 spiro atoms. The second-order valence-electron chi connectivity index (χ2n) is 4.54. The Labute approximate surface area is 120 Å². The van der Waals surface area contributed by atoms with Gasteiger partial charge >= 0.3 is 0 Å². The Morgan fingerprint density at radius 3 is 2.90 bits per heavy atom. The summed E-state index contributed by atoms with van der Waals surface area (Å²) in [6, 6.07) is 10.1. The maximum atomic E-state index is 9.27. The van der Waals surface area contributed by atoms with Crippen molar-refractivity contribution in [3.8, 4) is 6.07 Å². The Balaban J connectivity index is 2.04. The van der Waals surface area contributed by atoms with Gasteiger partial charge in [-0.15, -0.1) is 11.3 Å². The molecule has 0 saturated heterocycles. The first-order chi connectivity index (χ1) is 9.67. The van der Waals surface area contributed by atoms with E-state index in [1.54, 1.807) is 11.3 Å². The largest absolute Gasteiger partial charge is 0.354 e. The highest BCUT2D eigenvalue weighted by Crippen LogP contribution is 2.27. The van der Waals surface area contributed by atoms with Crippen LogP contribution in [0.3, 0.4) is 0 Å². The first kappa shape index (κ1) is 12.6. The van der Waals surface area contributed by atoms with Crippen LogP contribution in [0.4, 0.5) is 11.4 Å². The van der Waals surface area contributed by atoms with Crippen LogP contribution < -0.4 is 5.32 Å². The molecule has 4 nitrogen and oxygen atoms in total. The monoisotopic (exact) mass is 280 g/mol. The van der Waals surface area contributed by atoms with E-state index >= 15 is 0 Å². The summed E-state index contributed by atoms with van der Waals surface area (Å²) in [4.78, 5) is 8.58.